The van der Waals surface area contributed by atoms with Crippen molar-refractivity contribution in [2.75, 3.05) is 17.7 Å². The highest BCUT2D eigenvalue weighted by atomic mass is 16.1. The molecule has 150 valence electrons. The van der Waals surface area contributed by atoms with Crippen molar-refractivity contribution in [2.24, 2.45) is 10.7 Å². The first-order valence-corrected chi connectivity index (χ1v) is 8.94. The summed E-state index contributed by atoms with van der Waals surface area (Å²) in [4.78, 5) is 24.2. The fourth-order valence-corrected chi connectivity index (χ4v) is 2.92. The van der Waals surface area contributed by atoms with E-state index in [1.54, 1.807) is 13.1 Å². The summed E-state index contributed by atoms with van der Waals surface area (Å²) in [5, 5.41) is 16.2. The van der Waals surface area contributed by atoms with Gasteiger partial charge >= 0.3 is 0 Å². The van der Waals surface area contributed by atoms with Gasteiger partial charge < -0.3 is 16.4 Å². The van der Waals surface area contributed by atoms with E-state index in [1.807, 2.05) is 29.8 Å². The molecule has 0 saturated heterocycles. The number of fused-ring (bicyclic) bond motifs is 1. The fraction of sp³-hybridized carbons (Fsp3) is 0.0952. The Labute approximate surface area is 173 Å². The smallest absolute Gasteiger partial charge is 0.247 e. The topological polar surface area (TPSA) is 134 Å². The molecule has 3 rings (SSSR count). The molecule has 0 bridgehead atoms. The van der Waals surface area contributed by atoms with Gasteiger partial charge in [-0.2, -0.15) is 10.2 Å². The zero-order chi connectivity index (χ0) is 21.7. The van der Waals surface area contributed by atoms with Crippen LogP contribution in [0.4, 0.5) is 11.6 Å². The zero-order valence-corrected chi connectivity index (χ0v) is 16.5. The lowest BCUT2D eigenvalue weighted by Crippen LogP contribution is -2.10. The van der Waals surface area contributed by atoms with E-state index in [-0.39, 0.29) is 11.9 Å². The number of hydrogen-bond donors (Lipinski definition) is 3. The average molecular weight is 400 g/mol. The quantitative estimate of drug-likeness (QED) is 0.430. The first kappa shape index (κ1) is 20.3. The molecular weight excluding hydrogens is 380 g/mol. The number of benzene rings is 1. The first-order chi connectivity index (χ1) is 14.5. The van der Waals surface area contributed by atoms with Crippen LogP contribution in [0.15, 0.2) is 60.1 Å². The number of nitrogens with two attached hydrogens (primary N) is 1. The van der Waals surface area contributed by atoms with Crippen LogP contribution in [0.2, 0.25) is 0 Å². The molecule has 0 aliphatic rings. The largest absolute Gasteiger partial charge is 0.403 e. The number of rotatable bonds is 6. The van der Waals surface area contributed by atoms with Crippen LogP contribution in [-0.2, 0) is 4.79 Å². The lowest BCUT2D eigenvalue weighted by atomic mass is 10.1. The maximum atomic E-state index is 11.6. The number of aliphatic imine (C=N–C) groups is 1. The number of carbonyl (C=O) groups is 1. The minimum absolute atomic E-state index is 0.273. The molecule has 9 heteroatoms. The summed E-state index contributed by atoms with van der Waals surface area (Å²) in [6, 6.07) is 7.62. The molecule has 0 aliphatic carbocycles. The summed E-state index contributed by atoms with van der Waals surface area (Å²) >= 11 is 0. The van der Waals surface area contributed by atoms with Crippen LogP contribution in [0.3, 0.4) is 0 Å². The number of carbonyl (C=O) groups excluding carboxylic acids is 1. The van der Waals surface area contributed by atoms with Crippen molar-refractivity contribution in [1.29, 1.82) is 5.26 Å². The van der Waals surface area contributed by atoms with Crippen LogP contribution in [0, 0.1) is 18.3 Å². The monoisotopic (exact) mass is 400 g/mol. The van der Waals surface area contributed by atoms with E-state index in [9.17, 15) is 10.1 Å². The van der Waals surface area contributed by atoms with Crippen molar-refractivity contribution in [3.63, 3.8) is 0 Å². The third-order valence-corrected chi connectivity index (χ3v) is 4.28. The van der Waals surface area contributed by atoms with Crippen LogP contribution >= 0.6 is 0 Å². The molecule has 0 spiro atoms. The third kappa shape index (κ3) is 4.02. The Hall–Kier alpha value is -4.45. The standard InChI is InChI=1S/C21H20N8O/c1-4-19(30)26-15-5-6-18-17(7-15)13(2)12-29(18)20-14(8-22)10-25-21(28-20)27-16(9-23)11-24-3/h4-7,9-12H,1,23H2,2-3H3,(H,26,30)(H,25,27,28)/b16-9+,24-11?. The van der Waals surface area contributed by atoms with E-state index in [0.717, 1.165) is 16.5 Å². The minimum atomic E-state index is -0.288. The van der Waals surface area contributed by atoms with Crippen LogP contribution in [0.25, 0.3) is 16.7 Å². The predicted molar refractivity (Wildman–Crippen MR) is 117 cm³/mol. The highest BCUT2D eigenvalue weighted by Crippen LogP contribution is 2.28. The normalized spacial score (nSPS) is 11.4. The number of hydrogen-bond acceptors (Lipinski definition) is 7. The molecule has 2 heterocycles. The number of amides is 1. The SMILES string of the molecule is C=CC(=O)Nc1ccc2c(c1)c(C)cn2-c1nc(N/C(C=NC)=C/N)ncc1C#N. The van der Waals surface area contributed by atoms with Crippen molar-refractivity contribution >= 4 is 34.7 Å². The fourth-order valence-electron chi connectivity index (χ4n) is 2.92. The molecule has 0 atom stereocenters. The number of nitrogens with one attached hydrogen (secondary N) is 2. The highest BCUT2D eigenvalue weighted by molar-refractivity contribution is 6.00. The van der Waals surface area contributed by atoms with Gasteiger partial charge in [-0.25, -0.2) is 4.98 Å². The highest BCUT2D eigenvalue weighted by Gasteiger charge is 2.15. The van der Waals surface area contributed by atoms with Gasteiger partial charge in [-0.15, -0.1) is 0 Å². The Morgan fingerprint density at radius 3 is 2.87 bits per heavy atom. The van der Waals surface area contributed by atoms with E-state index in [0.29, 0.717) is 22.8 Å². The van der Waals surface area contributed by atoms with E-state index >= 15 is 0 Å². The molecule has 0 aliphatic heterocycles. The molecule has 0 unspecified atom stereocenters. The molecule has 1 amide bonds. The Morgan fingerprint density at radius 2 is 2.20 bits per heavy atom. The number of nitriles is 1. The first-order valence-electron chi connectivity index (χ1n) is 8.94. The van der Waals surface area contributed by atoms with Gasteiger partial charge in [0.15, 0.2) is 5.82 Å². The molecular formula is C21H20N8O. The van der Waals surface area contributed by atoms with Crippen LogP contribution < -0.4 is 16.4 Å². The lowest BCUT2D eigenvalue weighted by molar-refractivity contribution is -0.111. The summed E-state index contributed by atoms with van der Waals surface area (Å²) in [7, 11) is 1.62. The maximum Gasteiger partial charge on any atom is 0.247 e. The van der Waals surface area contributed by atoms with Gasteiger partial charge in [-0.3, -0.25) is 14.4 Å². The van der Waals surface area contributed by atoms with Crippen molar-refractivity contribution in [1.82, 2.24) is 14.5 Å². The van der Waals surface area contributed by atoms with Crippen molar-refractivity contribution in [2.45, 2.75) is 6.92 Å². The second kappa shape index (κ2) is 8.70. The molecule has 0 saturated carbocycles. The minimum Gasteiger partial charge on any atom is -0.403 e. The van der Waals surface area contributed by atoms with Gasteiger partial charge in [-0.05, 0) is 36.8 Å². The van der Waals surface area contributed by atoms with E-state index in [4.69, 9.17) is 5.73 Å². The number of allylic oxidation sites excluding steroid dienone is 1. The Bertz CT molecular complexity index is 1230. The van der Waals surface area contributed by atoms with Gasteiger partial charge in [0, 0.05) is 36.7 Å². The van der Waals surface area contributed by atoms with Gasteiger partial charge in [0.25, 0.3) is 0 Å². The van der Waals surface area contributed by atoms with Gasteiger partial charge in [0.1, 0.15) is 11.6 Å². The zero-order valence-electron chi connectivity index (χ0n) is 16.5. The summed E-state index contributed by atoms with van der Waals surface area (Å²) in [6.07, 6.45) is 7.42. The lowest BCUT2D eigenvalue weighted by Gasteiger charge is -2.10. The molecule has 3 aromatic rings. The summed E-state index contributed by atoms with van der Waals surface area (Å²) < 4.78 is 1.81. The van der Waals surface area contributed by atoms with Crippen molar-refractivity contribution in [3.05, 3.63) is 66.3 Å². The van der Waals surface area contributed by atoms with Gasteiger partial charge in [0.05, 0.1) is 17.4 Å². The molecule has 4 N–H and O–H groups in total. The number of aromatic nitrogens is 3. The van der Waals surface area contributed by atoms with E-state index < -0.39 is 0 Å². The molecule has 30 heavy (non-hydrogen) atoms. The Balaban J connectivity index is 2.10. The van der Waals surface area contributed by atoms with Crippen LogP contribution in [0.5, 0.6) is 0 Å². The van der Waals surface area contributed by atoms with Crippen LogP contribution in [0.1, 0.15) is 11.1 Å². The molecule has 0 fully saturated rings. The molecule has 2 aromatic heterocycles. The van der Waals surface area contributed by atoms with Gasteiger partial charge in [0.2, 0.25) is 11.9 Å². The number of anilines is 2. The van der Waals surface area contributed by atoms with Crippen molar-refractivity contribution < 1.29 is 4.79 Å². The van der Waals surface area contributed by atoms with Crippen molar-refractivity contribution in [3.8, 4) is 11.9 Å². The Morgan fingerprint density at radius 1 is 1.40 bits per heavy atom. The molecule has 1 aromatic carbocycles. The maximum absolute atomic E-state index is 11.6. The third-order valence-electron chi connectivity index (χ3n) is 4.28. The van der Waals surface area contributed by atoms with E-state index in [2.05, 4.69) is 38.2 Å². The average Bonchev–Trinajstić information content (AvgIpc) is 3.09. The second-order valence-electron chi connectivity index (χ2n) is 6.28. The number of nitrogens with zero attached hydrogens (tertiary/aromatic N) is 5. The molecule has 0 radical (unpaired) electrons. The summed E-state index contributed by atoms with van der Waals surface area (Å²) in [5.41, 5.74) is 8.84. The Kier molecular flexibility index (Phi) is 5.89. The summed E-state index contributed by atoms with van der Waals surface area (Å²) in [6.45, 7) is 5.40. The van der Waals surface area contributed by atoms with Gasteiger partial charge in [-0.1, -0.05) is 6.58 Å². The summed E-state index contributed by atoms with van der Waals surface area (Å²) in [5.74, 6) is 0.403. The second-order valence-corrected chi connectivity index (χ2v) is 6.28. The van der Waals surface area contributed by atoms with E-state index in [1.165, 1.54) is 24.7 Å². The number of aryl methyl sites for hydroxylation is 1. The molecule has 9 nitrogen and oxygen atoms in total. The van der Waals surface area contributed by atoms with Crippen LogP contribution in [-0.4, -0.2) is 33.7 Å². The predicted octanol–water partition coefficient (Wildman–Crippen LogP) is 2.64.